The zero-order chi connectivity index (χ0) is 26.2. The average molecular weight is 532 g/mol. The largest absolute Gasteiger partial charge is 0.456 e. The van der Waals surface area contributed by atoms with Crippen LogP contribution in [0, 0.1) is 0 Å². The number of ether oxygens (including phenoxy) is 2. The Hall–Kier alpha value is -4.85. The van der Waals surface area contributed by atoms with E-state index in [4.69, 9.17) is 9.47 Å². The Morgan fingerprint density at radius 1 is 0.450 bits per heavy atom. The predicted molar refractivity (Wildman–Crippen MR) is 165 cm³/mol. The van der Waals surface area contributed by atoms with E-state index in [9.17, 15) is 0 Å². The lowest BCUT2D eigenvalue weighted by Crippen LogP contribution is -2.31. The van der Waals surface area contributed by atoms with Crippen molar-refractivity contribution in [1.82, 2.24) is 4.57 Å². The molecule has 0 saturated heterocycles. The lowest BCUT2D eigenvalue weighted by molar-refractivity contribution is 0.467. The Morgan fingerprint density at radius 2 is 1.05 bits per heavy atom. The Kier molecular flexibility index (Phi) is 4.58. The summed E-state index contributed by atoms with van der Waals surface area (Å²) >= 11 is 0. The number of para-hydroxylation sites is 4. The molecule has 0 spiro atoms. The van der Waals surface area contributed by atoms with Crippen molar-refractivity contribution >= 4 is 45.6 Å². The summed E-state index contributed by atoms with van der Waals surface area (Å²) in [4.78, 5) is 0. The summed E-state index contributed by atoms with van der Waals surface area (Å²) in [5.74, 6) is 3.63. The van der Waals surface area contributed by atoms with Crippen molar-refractivity contribution in [2.45, 2.75) is 0 Å². The summed E-state index contributed by atoms with van der Waals surface area (Å²) in [6, 6.07) is 47.2. The molecule has 3 nitrogen and oxygen atoms in total. The fourth-order valence-corrected chi connectivity index (χ4v) is 8.75. The molecule has 0 bridgehead atoms. The van der Waals surface area contributed by atoms with Crippen LogP contribution in [0.15, 0.2) is 133 Å². The van der Waals surface area contributed by atoms with Crippen LogP contribution in [-0.4, -0.2) is 4.57 Å². The molecule has 0 unspecified atom stereocenters. The lowest BCUT2D eigenvalue weighted by atomic mass is 10.0. The van der Waals surface area contributed by atoms with Gasteiger partial charge in [-0.25, -0.2) is 0 Å². The summed E-state index contributed by atoms with van der Waals surface area (Å²) < 4.78 is 15.5. The third-order valence-corrected chi connectivity index (χ3v) is 10.5. The first-order valence-corrected chi connectivity index (χ1v) is 14.8. The van der Waals surface area contributed by atoms with E-state index in [0.29, 0.717) is 0 Å². The van der Waals surface area contributed by atoms with Crippen LogP contribution in [0.25, 0.3) is 38.6 Å². The molecule has 0 aliphatic carbocycles. The van der Waals surface area contributed by atoms with E-state index in [1.54, 1.807) is 0 Å². The molecule has 40 heavy (non-hydrogen) atoms. The molecule has 4 heteroatoms. The fourth-order valence-electron chi connectivity index (χ4n) is 6.19. The monoisotopic (exact) mass is 531 g/mol. The van der Waals surface area contributed by atoms with E-state index in [1.165, 1.54) is 32.4 Å². The van der Waals surface area contributed by atoms with Gasteiger partial charge in [-0.1, -0.05) is 84.9 Å². The van der Waals surface area contributed by atoms with Gasteiger partial charge in [-0.3, -0.25) is 0 Å². The summed E-state index contributed by atoms with van der Waals surface area (Å²) in [6.07, 6.45) is 0. The SMILES string of the molecule is c1ccc(-n2c3ccccc3c3ccc(-c4cc5c6c(c4)Oc4ccccc4P6c4ccccc4O5)cc32)cc1. The van der Waals surface area contributed by atoms with E-state index in [0.717, 1.165) is 45.1 Å². The number of aromatic nitrogens is 1. The minimum Gasteiger partial charge on any atom is -0.456 e. The third kappa shape index (κ3) is 3.10. The minimum atomic E-state index is -0.764. The molecule has 0 N–H and O–H groups in total. The second-order valence-electron chi connectivity index (χ2n) is 10.2. The van der Waals surface area contributed by atoms with Crippen molar-refractivity contribution in [3.05, 3.63) is 133 Å². The molecule has 0 atom stereocenters. The first-order valence-electron chi connectivity index (χ1n) is 13.4. The highest BCUT2D eigenvalue weighted by atomic mass is 31.1. The second-order valence-corrected chi connectivity index (χ2v) is 12.3. The van der Waals surface area contributed by atoms with Gasteiger partial charge in [0, 0.05) is 35.0 Å². The van der Waals surface area contributed by atoms with Gasteiger partial charge in [-0.2, -0.15) is 0 Å². The summed E-state index contributed by atoms with van der Waals surface area (Å²) in [5, 5.41) is 6.13. The molecule has 0 saturated carbocycles. The molecular weight excluding hydrogens is 509 g/mol. The molecule has 6 aromatic carbocycles. The Bertz CT molecular complexity index is 2060. The maximum Gasteiger partial charge on any atom is 0.140 e. The van der Waals surface area contributed by atoms with Crippen molar-refractivity contribution in [3.8, 4) is 39.8 Å². The Balaban J connectivity index is 1.28. The fraction of sp³-hybridized carbons (Fsp3) is 0. The maximum absolute atomic E-state index is 6.56. The number of hydrogen-bond acceptors (Lipinski definition) is 2. The van der Waals surface area contributed by atoms with Crippen molar-refractivity contribution in [2.75, 3.05) is 0 Å². The number of benzene rings is 6. The zero-order valence-electron chi connectivity index (χ0n) is 21.4. The topological polar surface area (TPSA) is 23.4 Å². The van der Waals surface area contributed by atoms with Gasteiger partial charge in [0.25, 0.3) is 0 Å². The van der Waals surface area contributed by atoms with E-state index in [-0.39, 0.29) is 0 Å². The molecule has 7 aromatic rings. The molecule has 0 amide bonds. The van der Waals surface area contributed by atoms with Crippen LogP contribution in [0.3, 0.4) is 0 Å². The van der Waals surface area contributed by atoms with Gasteiger partial charge in [0.05, 0.1) is 16.3 Å². The van der Waals surface area contributed by atoms with Crippen LogP contribution in [0.2, 0.25) is 0 Å². The van der Waals surface area contributed by atoms with Gasteiger partial charge < -0.3 is 14.0 Å². The lowest BCUT2D eigenvalue weighted by Gasteiger charge is -2.34. The Morgan fingerprint density at radius 3 is 1.77 bits per heavy atom. The quantitative estimate of drug-likeness (QED) is 0.209. The molecule has 1 aromatic heterocycles. The standard InChI is InChI=1S/C36H22NO2P/c1-2-10-25(11-3-1)37-28-13-5-4-12-26(28)27-19-18-23(20-29(27)37)24-21-32-36-33(22-24)39-31-15-7-9-17-35(31)40(36)34-16-8-6-14-30(34)38-32/h1-22H. The van der Waals surface area contributed by atoms with E-state index in [2.05, 4.69) is 126 Å². The first kappa shape index (κ1) is 22.0. The van der Waals surface area contributed by atoms with Gasteiger partial charge in [0.15, 0.2) is 0 Å². The highest BCUT2D eigenvalue weighted by Crippen LogP contribution is 2.53. The molecular formula is C36H22NO2P. The van der Waals surface area contributed by atoms with Crippen molar-refractivity contribution < 1.29 is 9.47 Å². The van der Waals surface area contributed by atoms with Crippen LogP contribution in [0.4, 0.5) is 0 Å². The van der Waals surface area contributed by atoms with Gasteiger partial charge >= 0.3 is 0 Å². The second kappa shape index (κ2) is 8.32. The Labute approximate surface area is 232 Å². The smallest absolute Gasteiger partial charge is 0.140 e. The van der Waals surface area contributed by atoms with Crippen LogP contribution in [0.1, 0.15) is 0 Å². The van der Waals surface area contributed by atoms with E-state index in [1.807, 2.05) is 12.1 Å². The zero-order valence-corrected chi connectivity index (χ0v) is 22.3. The van der Waals surface area contributed by atoms with Crippen LogP contribution < -0.4 is 25.4 Å². The molecule has 0 fully saturated rings. The number of nitrogens with zero attached hydrogens (tertiary/aromatic N) is 1. The van der Waals surface area contributed by atoms with E-state index >= 15 is 0 Å². The van der Waals surface area contributed by atoms with Gasteiger partial charge in [-0.05, 0) is 59.7 Å². The molecule has 188 valence electrons. The molecule has 9 rings (SSSR count). The van der Waals surface area contributed by atoms with Gasteiger partial charge in [0.2, 0.25) is 0 Å². The number of fused-ring (bicyclic) bond motifs is 7. The third-order valence-electron chi connectivity index (χ3n) is 7.94. The molecule has 2 aliphatic rings. The van der Waals surface area contributed by atoms with Gasteiger partial charge in [0.1, 0.15) is 23.0 Å². The number of rotatable bonds is 2. The highest BCUT2D eigenvalue weighted by Gasteiger charge is 2.37. The molecule has 2 aliphatic heterocycles. The molecule has 3 heterocycles. The molecule has 0 radical (unpaired) electrons. The van der Waals surface area contributed by atoms with Crippen molar-refractivity contribution in [2.24, 2.45) is 0 Å². The summed E-state index contributed by atoms with van der Waals surface area (Å²) in [7, 11) is -0.764. The summed E-state index contributed by atoms with van der Waals surface area (Å²) in [6.45, 7) is 0. The van der Waals surface area contributed by atoms with Gasteiger partial charge in [-0.15, -0.1) is 0 Å². The van der Waals surface area contributed by atoms with Crippen molar-refractivity contribution in [3.63, 3.8) is 0 Å². The summed E-state index contributed by atoms with van der Waals surface area (Å²) in [5.41, 5.74) is 5.73. The van der Waals surface area contributed by atoms with Crippen LogP contribution in [-0.2, 0) is 0 Å². The van der Waals surface area contributed by atoms with Crippen LogP contribution in [0.5, 0.6) is 23.0 Å². The predicted octanol–water partition coefficient (Wildman–Crippen LogP) is 8.42. The minimum absolute atomic E-state index is 0.764. The average Bonchev–Trinajstić information content (AvgIpc) is 3.35. The first-order chi connectivity index (χ1) is 19.8. The van der Waals surface area contributed by atoms with Crippen molar-refractivity contribution in [1.29, 1.82) is 0 Å². The normalized spacial score (nSPS) is 13.3. The highest BCUT2D eigenvalue weighted by molar-refractivity contribution is 7.80. The maximum atomic E-state index is 6.56. The number of hydrogen-bond donors (Lipinski definition) is 0. The van der Waals surface area contributed by atoms with Crippen LogP contribution >= 0.6 is 7.92 Å². The van der Waals surface area contributed by atoms with E-state index < -0.39 is 7.92 Å².